The van der Waals surface area contributed by atoms with E-state index in [0.29, 0.717) is 17.1 Å². The zero-order chi connectivity index (χ0) is 26.6. The van der Waals surface area contributed by atoms with E-state index < -0.39 is 17.7 Å². The van der Waals surface area contributed by atoms with Gasteiger partial charge < -0.3 is 15.0 Å². The average Bonchev–Trinajstić information content (AvgIpc) is 3.49. The molecule has 2 N–H and O–H groups in total. The Balaban J connectivity index is 1.85. The van der Waals surface area contributed by atoms with Crippen LogP contribution in [0.25, 0.3) is 11.4 Å². The number of nitrogens with zero attached hydrogens (tertiary/aromatic N) is 4. The smallest absolute Gasteiger partial charge is 0.416 e. The zero-order valence-electron chi connectivity index (χ0n) is 20.6. The molecular formula is C27H28F3N5O2. The third-order valence-electron chi connectivity index (χ3n) is 6.30. The summed E-state index contributed by atoms with van der Waals surface area (Å²) in [7, 11) is 1.36. The maximum Gasteiger partial charge on any atom is 0.416 e. The van der Waals surface area contributed by atoms with Gasteiger partial charge in [0.15, 0.2) is 5.82 Å². The van der Waals surface area contributed by atoms with Crippen LogP contribution >= 0.6 is 0 Å². The van der Waals surface area contributed by atoms with Crippen LogP contribution in [0.2, 0.25) is 0 Å². The van der Waals surface area contributed by atoms with Crippen LogP contribution in [-0.2, 0) is 17.5 Å². The van der Waals surface area contributed by atoms with Crippen molar-refractivity contribution in [1.82, 2.24) is 9.55 Å². The number of anilines is 1. The number of hydrogen-bond donors (Lipinski definition) is 2. The van der Waals surface area contributed by atoms with E-state index in [1.54, 1.807) is 6.21 Å². The number of nitrogens with one attached hydrogen (secondary N) is 1. The van der Waals surface area contributed by atoms with Crippen molar-refractivity contribution in [1.29, 1.82) is 0 Å². The van der Waals surface area contributed by atoms with Crippen LogP contribution in [0.15, 0.2) is 58.5 Å². The molecule has 194 valence electrons. The molecule has 1 aliphatic carbocycles. The molecule has 0 bridgehead atoms. The number of carboxylic acids is 1. The Morgan fingerprint density at radius 1 is 1.19 bits per heavy atom. The first kappa shape index (κ1) is 26.1. The minimum Gasteiger partial charge on any atom is -0.475 e. The Morgan fingerprint density at radius 3 is 2.49 bits per heavy atom. The summed E-state index contributed by atoms with van der Waals surface area (Å²) >= 11 is 0. The van der Waals surface area contributed by atoms with E-state index in [4.69, 9.17) is 9.98 Å². The van der Waals surface area contributed by atoms with Gasteiger partial charge in [-0.15, -0.1) is 0 Å². The largest absolute Gasteiger partial charge is 0.475 e. The average molecular weight is 512 g/mol. The summed E-state index contributed by atoms with van der Waals surface area (Å²) in [6.45, 7) is 2.15. The molecule has 2 aromatic carbocycles. The van der Waals surface area contributed by atoms with Crippen LogP contribution in [-0.4, -0.2) is 45.8 Å². The fourth-order valence-electron chi connectivity index (χ4n) is 4.38. The molecule has 1 aromatic heterocycles. The Hall–Kier alpha value is -3.95. The Bertz CT molecular complexity index is 1320. The third-order valence-corrected chi connectivity index (χ3v) is 6.30. The van der Waals surface area contributed by atoms with Crippen LogP contribution < -0.4 is 5.32 Å². The van der Waals surface area contributed by atoms with Crippen LogP contribution in [0.4, 0.5) is 19.0 Å². The molecule has 37 heavy (non-hydrogen) atoms. The number of aliphatic carboxylic acids is 1. The molecule has 0 amide bonds. The molecule has 1 aliphatic rings. The maximum atomic E-state index is 13.1. The Kier molecular flexibility index (Phi) is 7.75. The normalized spacial score (nSPS) is 15.0. The molecule has 3 aromatic rings. The van der Waals surface area contributed by atoms with E-state index in [1.165, 1.54) is 19.2 Å². The van der Waals surface area contributed by atoms with Crippen molar-refractivity contribution in [3.63, 3.8) is 0 Å². The van der Waals surface area contributed by atoms with Crippen LogP contribution in [0.5, 0.6) is 0 Å². The van der Waals surface area contributed by atoms with Crippen molar-refractivity contribution in [2.75, 3.05) is 12.4 Å². The minimum absolute atomic E-state index is 0.156. The lowest BCUT2D eigenvalue weighted by Crippen LogP contribution is -2.23. The summed E-state index contributed by atoms with van der Waals surface area (Å²) < 4.78 is 41.2. The van der Waals surface area contributed by atoms with Crippen LogP contribution in [0.1, 0.15) is 48.1 Å². The standard InChI is InChI=1S/C27H28F3N5O2/c1-17-6-5-7-19(14-17)25-34-23(33-24(31-2)26(36)37)22(15-32-21-8-3-4-9-21)35(25)16-18-10-12-20(13-11-18)27(28,29)30/h5-7,10-15,21H,3-4,8-9,16H2,1-2H3,(H,31,33)(H,36,37). The number of imidazole rings is 1. The lowest BCUT2D eigenvalue weighted by atomic mass is 10.1. The second-order valence-corrected chi connectivity index (χ2v) is 9.04. The third kappa shape index (κ3) is 6.25. The van der Waals surface area contributed by atoms with E-state index in [1.807, 2.05) is 35.8 Å². The van der Waals surface area contributed by atoms with Crippen molar-refractivity contribution in [3.8, 4) is 11.4 Å². The van der Waals surface area contributed by atoms with Gasteiger partial charge in [-0.25, -0.2) is 9.78 Å². The van der Waals surface area contributed by atoms with Crippen LogP contribution in [0, 0.1) is 6.92 Å². The molecule has 4 rings (SSSR count). The lowest BCUT2D eigenvalue weighted by Gasteiger charge is -2.13. The molecule has 7 nitrogen and oxygen atoms in total. The zero-order valence-corrected chi connectivity index (χ0v) is 20.6. The summed E-state index contributed by atoms with van der Waals surface area (Å²) in [6.07, 6.45) is 1.38. The van der Waals surface area contributed by atoms with Gasteiger partial charge in [0.2, 0.25) is 5.84 Å². The first-order valence-electron chi connectivity index (χ1n) is 12.0. The fourth-order valence-corrected chi connectivity index (χ4v) is 4.38. The molecule has 0 spiro atoms. The predicted molar refractivity (Wildman–Crippen MR) is 137 cm³/mol. The first-order valence-corrected chi connectivity index (χ1v) is 12.0. The van der Waals surface area contributed by atoms with Gasteiger partial charge in [-0.05, 0) is 43.5 Å². The van der Waals surface area contributed by atoms with E-state index >= 15 is 0 Å². The first-order chi connectivity index (χ1) is 17.7. The molecule has 0 saturated heterocycles. The lowest BCUT2D eigenvalue weighted by molar-refractivity contribution is -0.137. The van der Waals surface area contributed by atoms with Crippen molar-refractivity contribution < 1.29 is 23.1 Å². The molecule has 10 heteroatoms. The van der Waals surface area contributed by atoms with Gasteiger partial charge in [0.05, 0.1) is 11.6 Å². The molecule has 0 radical (unpaired) electrons. The Morgan fingerprint density at radius 2 is 1.89 bits per heavy atom. The summed E-state index contributed by atoms with van der Waals surface area (Å²) in [4.78, 5) is 24.9. The number of aliphatic imine (C=N–C) groups is 2. The summed E-state index contributed by atoms with van der Waals surface area (Å²) in [5.74, 6) is -0.742. The molecule has 1 heterocycles. The van der Waals surface area contributed by atoms with E-state index in [9.17, 15) is 23.1 Å². The summed E-state index contributed by atoms with van der Waals surface area (Å²) in [5.41, 5.74) is 2.20. The van der Waals surface area contributed by atoms with Gasteiger partial charge in [0.1, 0.15) is 11.5 Å². The number of carboxylic acid groups (broad SMARTS) is 1. The highest BCUT2D eigenvalue weighted by atomic mass is 19.4. The molecule has 0 atom stereocenters. The second-order valence-electron chi connectivity index (χ2n) is 9.04. The summed E-state index contributed by atoms with van der Waals surface area (Å²) in [5, 5.41) is 12.3. The van der Waals surface area contributed by atoms with E-state index in [0.717, 1.165) is 48.9 Å². The van der Waals surface area contributed by atoms with Crippen LogP contribution in [0.3, 0.4) is 0 Å². The Labute approximate surface area is 212 Å². The highest BCUT2D eigenvalue weighted by Crippen LogP contribution is 2.31. The van der Waals surface area contributed by atoms with Gasteiger partial charge >= 0.3 is 12.1 Å². The fraction of sp³-hybridized carbons (Fsp3) is 0.333. The number of amidine groups is 1. The SMILES string of the molecule is CN=C(Nc1nc(-c2cccc(C)c2)n(Cc2ccc(C(F)(F)F)cc2)c1C=NC1CCCC1)C(=O)O. The van der Waals surface area contributed by atoms with E-state index in [2.05, 4.69) is 10.3 Å². The number of aromatic nitrogens is 2. The number of benzene rings is 2. The van der Waals surface area contributed by atoms with Crippen molar-refractivity contribution in [2.45, 2.75) is 51.4 Å². The maximum absolute atomic E-state index is 13.1. The van der Waals surface area contributed by atoms with Crippen molar-refractivity contribution >= 4 is 23.8 Å². The summed E-state index contributed by atoms with van der Waals surface area (Å²) in [6, 6.07) is 12.8. The topological polar surface area (TPSA) is 91.9 Å². The number of carbonyl (C=O) groups is 1. The van der Waals surface area contributed by atoms with Crippen molar-refractivity contribution in [3.05, 3.63) is 70.9 Å². The minimum atomic E-state index is -4.43. The van der Waals surface area contributed by atoms with Gasteiger partial charge in [-0.2, -0.15) is 13.2 Å². The van der Waals surface area contributed by atoms with Gasteiger partial charge in [0, 0.05) is 25.4 Å². The number of alkyl halides is 3. The number of aryl methyl sites for hydroxylation is 1. The number of rotatable bonds is 6. The second kappa shape index (κ2) is 11.0. The predicted octanol–water partition coefficient (Wildman–Crippen LogP) is 5.81. The molecule has 0 unspecified atom stereocenters. The monoisotopic (exact) mass is 511 g/mol. The molecule has 0 aliphatic heterocycles. The number of hydrogen-bond acceptors (Lipinski definition) is 4. The molecule has 1 fully saturated rings. The quantitative estimate of drug-likeness (QED) is 0.323. The van der Waals surface area contributed by atoms with Gasteiger partial charge in [-0.3, -0.25) is 9.98 Å². The number of halogens is 3. The highest BCUT2D eigenvalue weighted by molar-refractivity contribution is 6.39. The molecule has 1 saturated carbocycles. The molecular weight excluding hydrogens is 483 g/mol. The van der Waals surface area contributed by atoms with Gasteiger partial charge in [0.25, 0.3) is 0 Å². The van der Waals surface area contributed by atoms with Crippen molar-refractivity contribution in [2.24, 2.45) is 9.98 Å². The van der Waals surface area contributed by atoms with Gasteiger partial charge in [-0.1, -0.05) is 48.7 Å². The van der Waals surface area contributed by atoms with E-state index in [-0.39, 0.29) is 24.2 Å². The highest BCUT2D eigenvalue weighted by Gasteiger charge is 2.30.